The van der Waals surface area contributed by atoms with Crippen LogP contribution < -0.4 is 0 Å². The van der Waals surface area contributed by atoms with E-state index in [1.807, 2.05) is 30.3 Å². The van der Waals surface area contributed by atoms with Crippen molar-refractivity contribution in [2.24, 2.45) is 0 Å². The molecule has 0 heterocycles. The highest BCUT2D eigenvalue weighted by Crippen LogP contribution is 1.95. The molecule has 1 amide bonds. The lowest BCUT2D eigenvalue weighted by Gasteiger charge is -2.10. The number of benzene rings is 1. The molecular weight excluding hydrogens is 254 g/mol. The highest BCUT2D eigenvalue weighted by molar-refractivity contribution is 5.94. The maximum absolute atomic E-state index is 11.7. The van der Waals surface area contributed by atoms with E-state index in [2.05, 4.69) is 11.8 Å². The Bertz CT molecular complexity index is 538. The zero-order valence-corrected chi connectivity index (χ0v) is 11.6. The zero-order valence-electron chi connectivity index (χ0n) is 11.6. The Hall–Kier alpha value is -2.54. The van der Waals surface area contributed by atoms with E-state index in [4.69, 9.17) is 4.74 Å². The summed E-state index contributed by atoms with van der Waals surface area (Å²) in [4.78, 5) is 23.7. The first-order valence-corrected chi connectivity index (χ1v) is 6.20. The molecule has 0 saturated heterocycles. The average Bonchev–Trinajstić information content (AvgIpc) is 2.45. The van der Waals surface area contributed by atoms with Gasteiger partial charge in [-0.05, 0) is 18.2 Å². The summed E-state index contributed by atoms with van der Waals surface area (Å²) in [7, 11) is 1.66. The number of carbonyl (C=O) groups is 2. The number of esters is 1. The van der Waals surface area contributed by atoms with E-state index in [0.717, 1.165) is 5.56 Å². The predicted octanol–water partition coefficient (Wildman–Crippen LogP) is 1.62. The van der Waals surface area contributed by atoms with Crippen LogP contribution in [0.25, 0.3) is 0 Å². The van der Waals surface area contributed by atoms with Crippen LogP contribution in [0.2, 0.25) is 0 Å². The third-order valence-corrected chi connectivity index (χ3v) is 2.36. The number of nitrogens with zero attached hydrogens (tertiary/aromatic N) is 1. The van der Waals surface area contributed by atoms with Gasteiger partial charge in [-0.25, -0.2) is 0 Å². The maximum Gasteiger partial charge on any atom is 0.302 e. The van der Waals surface area contributed by atoms with Crippen LogP contribution in [0.5, 0.6) is 0 Å². The van der Waals surface area contributed by atoms with Crippen LogP contribution in [0.3, 0.4) is 0 Å². The van der Waals surface area contributed by atoms with Crippen molar-refractivity contribution < 1.29 is 14.3 Å². The predicted molar refractivity (Wildman–Crippen MR) is 76.7 cm³/mol. The highest BCUT2D eigenvalue weighted by Gasteiger charge is 2.01. The monoisotopic (exact) mass is 271 g/mol. The Balaban J connectivity index is 2.40. The summed E-state index contributed by atoms with van der Waals surface area (Å²) in [6.07, 6.45) is 3.45. The normalized spacial score (nSPS) is 9.70. The Kier molecular flexibility index (Phi) is 6.63. The molecule has 1 rings (SSSR count). The molecule has 0 radical (unpaired) electrons. The minimum Gasteiger partial charge on any atom is -0.462 e. The lowest BCUT2D eigenvalue weighted by molar-refractivity contribution is -0.139. The van der Waals surface area contributed by atoms with E-state index in [9.17, 15) is 9.59 Å². The van der Waals surface area contributed by atoms with Gasteiger partial charge < -0.3 is 9.64 Å². The molecule has 20 heavy (non-hydrogen) atoms. The van der Waals surface area contributed by atoms with Gasteiger partial charge in [0.2, 0.25) is 0 Å². The SMILES string of the molecule is CC(=O)OC/C=C/CN(C)C(=O)C#Cc1ccccc1. The number of hydrogen-bond donors (Lipinski definition) is 0. The van der Waals surface area contributed by atoms with Gasteiger partial charge in [-0.1, -0.05) is 30.2 Å². The second-order valence-corrected chi connectivity index (χ2v) is 4.08. The van der Waals surface area contributed by atoms with Crippen LogP contribution in [-0.2, 0) is 14.3 Å². The molecular formula is C16H17NO3. The first-order valence-electron chi connectivity index (χ1n) is 6.20. The molecule has 1 aromatic carbocycles. The van der Waals surface area contributed by atoms with Crippen molar-refractivity contribution in [1.82, 2.24) is 4.90 Å². The molecule has 0 spiro atoms. The number of carbonyl (C=O) groups excluding carboxylic acids is 2. The quantitative estimate of drug-likeness (QED) is 0.475. The second kappa shape index (κ2) is 8.54. The van der Waals surface area contributed by atoms with Gasteiger partial charge >= 0.3 is 5.97 Å². The van der Waals surface area contributed by atoms with Gasteiger partial charge in [0.15, 0.2) is 0 Å². The van der Waals surface area contributed by atoms with E-state index in [1.54, 1.807) is 19.2 Å². The van der Waals surface area contributed by atoms with Gasteiger partial charge in [0.1, 0.15) is 6.61 Å². The van der Waals surface area contributed by atoms with E-state index in [1.165, 1.54) is 11.8 Å². The second-order valence-electron chi connectivity index (χ2n) is 4.08. The summed E-state index contributed by atoms with van der Waals surface area (Å²) >= 11 is 0. The van der Waals surface area contributed by atoms with E-state index >= 15 is 0 Å². The third-order valence-electron chi connectivity index (χ3n) is 2.36. The fourth-order valence-electron chi connectivity index (χ4n) is 1.29. The first-order chi connectivity index (χ1) is 9.59. The van der Waals surface area contributed by atoms with Crippen LogP contribution in [0.15, 0.2) is 42.5 Å². The zero-order chi connectivity index (χ0) is 14.8. The molecule has 0 unspecified atom stereocenters. The molecule has 0 N–H and O–H groups in total. The number of rotatable bonds is 4. The summed E-state index contributed by atoms with van der Waals surface area (Å²) in [6, 6.07) is 9.33. The average molecular weight is 271 g/mol. The molecule has 0 atom stereocenters. The number of hydrogen-bond acceptors (Lipinski definition) is 3. The van der Waals surface area contributed by atoms with Crippen molar-refractivity contribution in [2.75, 3.05) is 20.2 Å². The topological polar surface area (TPSA) is 46.6 Å². The van der Waals surface area contributed by atoms with Crippen LogP contribution in [0.1, 0.15) is 12.5 Å². The standard InChI is InChI=1S/C16H17NO3/c1-14(18)20-13-7-6-12-17(2)16(19)11-10-15-8-4-3-5-9-15/h3-9H,12-13H2,1-2H3/b7-6+. The molecule has 104 valence electrons. The Morgan fingerprint density at radius 3 is 2.60 bits per heavy atom. The molecule has 1 aromatic rings. The summed E-state index contributed by atoms with van der Waals surface area (Å²) in [6.45, 7) is 1.99. The molecule has 0 aromatic heterocycles. The van der Waals surface area contributed by atoms with Gasteiger partial charge in [0.05, 0.1) is 0 Å². The third kappa shape index (κ3) is 6.41. The molecule has 0 saturated carbocycles. The van der Waals surface area contributed by atoms with E-state index < -0.39 is 0 Å². The van der Waals surface area contributed by atoms with Crippen molar-refractivity contribution in [3.05, 3.63) is 48.0 Å². The minimum atomic E-state index is -0.326. The van der Waals surface area contributed by atoms with Gasteiger partial charge in [-0.15, -0.1) is 0 Å². The Labute approximate surface area is 119 Å². The van der Waals surface area contributed by atoms with Crippen LogP contribution in [-0.4, -0.2) is 37.0 Å². The molecule has 0 aliphatic heterocycles. The van der Waals surface area contributed by atoms with Gasteiger partial charge in [0, 0.05) is 32.0 Å². The first kappa shape index (κ1) is 15.5. The number of amides is 1. The van der Waals surface area contributed by atoms with Gasteiger partial charge in [-0.2, -0.15) is 0 Å². The fraction of sp³-hybridized carbons (Fsp3) is 0.250. The minimum absolute atomic E-state index is 0.215. The molecule has 0 bridgehead atoms. The smallest absolute Gasteiger partial charge is 0.302 e. The van der Waals surface area contributed by atoms with Crippen molar-refractivity contribution in [3.8, 4) is 11.8 Å². The number of ether oxygens (including phenoxy) is 1. The summed E-state index contributed by atoms with van der Waals surface area (Å²) in [5, 5.41) is 0. The van der Waals surface area contributed by atoms with Crippen LogP contribution in [0.4, 0.5) is 0 Å². The number of likely N-dealkylation sites (N-methyl/N-ethyl adjacent to an activating group) is 1. The summed E-state index contributed by atoms with van der Waals surface area (Å²) in [5.41, 5.74) is 0.805. The highest BCUT2D eigenvalue weighted by atomic mass is 16.5. The molecule has 4 heteroatoms. The summed E-state index contributed by atoms with van der Waals surface area (Å²) < 4.78 is 4.73. The maximum atomic E-state index is 11.7. The Morgan fingerprint density at radius 1 is 1.25 bits per heavy atom. The molecule has 4 nitrogen and oxygen atoms in total. The van der Waals surface area contributed by atoms with Crippen molar-refractivity contribution in [1.29, 1.82) is 0 Å². The molecule has 0 fully saturated rings. The largest absolute Gasteiger partial charge is 0.462 e. The lowest BCUT2D eigenvalue weighted by atomic mass is 10.2. The lowest BCUT2D eigenvalue weighted by Crippen LogP contribution is -2.25. The Morgan fingerprint density at radius 2 is 1.95 bits per heavy atom. The fourth-order valence-corrected chi connectivity index (χ4v) is 1.29. The van der Waals surface area contributed by atoms with Crippen molar-refractivity contribution in [2.45, 2.75) is 6.92 Å². The molecule has 0 aliphatic rings. The van der Waals surface area contributed by atoms with E-state index in [-0.39, 0.29) is 18.5 Å². The van der Waals surface area contributed by atoms with E-state index in [0.29, 0.717) is 6.54 Å². The summed E-state index contributed by atoms with van der Waals surface area (Å²) in [5.74, 6) is 4.80. The van der Waals surface area contributed by atoms with Crippen molar-refractivity contribution in [3.63, 3.8) is 0 Å². The van der Waals surface area contributed by atoms with Crippen LogP contribution >= 0.6 is 0 Å². The van der Waals surface area contributed by atoms with Gasteiger partial charge in [0.25, 0.3) is 5.91 Å². The molecule has 0 aliphatic carbocycles. The van der Waals surface area contributed by atoms with Crippen molar-refractivity contribution >= 4 is 11.9 Å². The van der Waals surface area contributed by atoms with Crippen LogP contribution in [0, 0.1) is 11.8 Å². The van der Waals surface area contributed by atoms with Gasteiger partial charge in [-0.3, -0.25) is 9.59 Å².